The van der Waals surface area contributed by atoms with Crippen molar-refractivity contribution in [1.29, 1.82) is 0 Å². The number of thiazole rings is 1. The van der Waals surface area contributed by atoms with Crippen LogP contribution in [-0.4, -0.2) is 15.3 Å². The number of anilines is 1. The van der Waals surface area contributed by atoms with E-state index >= 15 is 0 Å². The van der Waals surface area contributed by atoms with Crippen molar-refractivity contribution in [2.24, 2.45) is 0 Å². The van der Waals surface area contributed by atoms with Crippen LogP contribution in [0, 0.1) is 6.92 Å². The molecule has 7 heteroatoms. The van der Waals surface area contributed by atoms with E-state index in [0.717, 1.165) is 35.5 Å². The normalized spacial score (nSPS) is 13.4. The molecule has 2 aromatic heterocycles. The topological polar surface area (TPSA) is 72.7 Å². The lowest BCUT2D eigenvalue weighted by molar-refractivity contribution is -0.115. The van der Waals surface area contributed by atoms with Crippen molar-refractivity contribution in [3.05, 3.63) is 56.4 Å². The van der Waals surface area contributed by atoms with Crippen molar-refractivity contribution >= 4 is 27.9 Å². The first-order valence-electron chi connectivity index (χ1n) is 9.61. The number of fused-ring (bicyclic) bond motifs is 3. The highest BCUT2D eigenvalue weighted by atomic mass is 32.1. The molecule has 1 aliphatic carbocycles. The fraction of sp³-hybridized carbons (Fsp3) is 0.381. The molecule has 4 rings (SSSR count). The molecule has 1 N–H and O–H groups in total. The van der Waals surface area contributed by atoms with Gasteiger partial charge in [0.2, 0.25) is 5.91 Å². The number of hydrogen-bond donors (Lipinski definition) is 1. The molecule has 146 valence electrons. The van der Waals surface area contributed by atoms with E-state index in [4.69, 9.17) is 4.74 Å². The Labute approximate surface area is 167 Å². The van der Waals surface area contributed by atoms with Gasteiger partial charge in [0.25, 0.3) is 5.56 Å². The van der Waals surface area contributed by atoms with Crippen LogP contribution >= 0.6 is 11.3 Å². The van der Waals surface area contributed by atoms with Crippen LogP contribution in [0.1, 0.15) is 48.0 Å². The van der Waals surface area contributed by atoms with E-state index in [9.17, 15) is 9.59 Å². The largest absolute Gasteiger partial charge is 0.485 e. The van der Waals surface area contributed by atoms with Crippen LogP contribution in [0.15, 0.2) is 29.1 Å². The number of amides is 1. The molecule has 2 heterocycles. The van der Waals surface area contributed by atoms with Crippen LogP contribution in [0.4, 0.5) is 5.69 Å². The van der Waals surface area contributed by atoms with Gasteiger partial charge in [-0.1, -0.05) is 13.0 Å². The zero-order chi connectivity index (χ0) is 19.7. The number of nitrogens with zero attached hydrogens (tertiary/aromatic N) is 2. The van der Waals surface area contributed by atoms with Crippen molar-refractivity contribution in [3.8, 4) is 5.75 Å². The predicted octanol–water partition coefficient (Wildman–Crippen LogP) is 3.87. The number of aromatic nitrogens is 2. The van der Waals surface area contributed by atoms with Crippen molar-refractivity contribution < 1.29 is 9.53 Å². The Morgan fingerprint density at radius 1 is 1.29 bits per heavy atom. The maximum atomic E-state index is 12.7. The fourth-order valence-corrected chi connectivity index (χ4v) is 4.71. The highest BCUT2D eigenvalue weighted by Gasteiger charge is 2.18. The zero-order valence-electron chi connectivity index (χ0n) is 16.1. The number of aryl methyl sites for hydroxylation is 3. The van der Waals surface area contributed by atoms with Gasteiger partial charge >= 0.3 is 0 Å². The van der Waals surface area contributed by atoms with Crippen LogP contribution in [-0.2, 0) is 24.2 Å². The lowest BCUT2D eigenvalue weighted by atomic mass is 10.0. The molecule has 1 aromatic carbocycles. The molecule has 0 bridgehead atoms. The van der Waals surface area contributed by atoms with Crippen LogP contribution in [0.5, 0.6) is 5.75 Å². The van der Waals surface area contributed by atoms with Gasteiger partial charge in [0.05, 0.1) is 11.4 Å². The second-order valence-corrected chi connectivity index (χ2v) is 8.13. The van der Waals surface area contributed by atoms with Gasteiger partial charge in [-0.15, -0.1) is 11.3 Å². The number of benzene rings is 1. The van der Waals surface area contributed by atoms with Gasteiger partial charge in [-0.3, -0.25) is 14.0 Å². The van der Waals surface area contributed by atoms with Gasteiger partial charge in [0.15, 0.2) is 4.96 Å². The summed E-state index contributed by atoms with van der Waals surface area (Å²) in [5, 5.41) is 2.86. The average molecular weight is 398 g/mol. The molecule has 28 heavy (non-hydrogen) atoms. The minimum atomic E-state index is -0.0718. The summed E-state index contributed by atoms with van der Waals surface area (Å²) in [6.45, 7) is 3.94. The van der Waals surface area contributed by atoms with Crippen LogP contribution < -0.4 is 15.6 Å². The Hall–Kier alpha value is -2.67. The Bertz CT molecular complexity index is 1100. The lowest BCUT2D eigenvalue weighted by Gasteiger charge is -2.13. The standard InChI is InChI=1S/C21H23N3O3S/c1-3-19(25)23-15-10-13(2)8-9-17(15)27-12-14-11-20(26)24-16-6-4-5-7-18(16)28-21(24)22-14/h8-11H,3-7,12H2,1-2H3,(H,23,25). The summed E-state index contributed by atoms with van der Waals surface area (Å²) in [7, 11) is 0. The van der Waals surface area contributed by atoms with Crippen molar-refractivity contribution in [2.45, 2.75) is 52.6 Å². The smallest absolute Gasteiger partial charge is 0.259 e. The first-order chi connectivity index (χ1) is 13.5. The molecule has 0 unspecified atom stereocenters. The molecule has 0 saturated carbocycles. The minimum absolute atomic E-state index is 0.0496. The first kappa shape index (κ1) is 18.7. The van der Waals surface area contributed by atoms with Gasteiger partial charge in [0, 0.05) is 23.1 Å². The Balaban J connectivity index is 1.60. The molecule has 3 aromatic rings. The number of rotatable bonds is 5. The second-order valence-electron chi connectivity index (χ2n) is 7.07. The molecule has 0 spiro atoms. The maximum Gasteiger partial charge on any atom is 0.259 e. The summed E-state index contributed by atoms with van der Waals surface area (Å²) in [6.07, 6.45) is 4.65. The second kappa shape index (κ2) is 7.75. The van der Waals surface area contributed by atoms with E-state index in [2.05, 4.69) is 10.3 Å². The van der Waals surface area contributed by atoms with Crippen molar-refractivity contribution in [3.63, 3.8) is 0 Å². The fourth-order valence-electron chi connectivity index (χ4n) is 3.47. The Morgan fingerprint density at radius 2 is 2.11 bits per heavy atom. The quantitative estimate of drug-likeness (QED) is 0.709. The van der Waals surface area contributed by atoms with Gasteiger partial charge in [-0.05, 0) is 50.3 Å². The van der Waals surface area contributed by atoms with Gasteiger partial charge in [-0.2, -0.15) is 0 Å². The minimum Gasteiger partial charge on any atom is -0.485 e. The lowest BCUT2D eigenvalue weighted by Crippen LogP contribution is -2.18. The molecule has 1 aliphatic rings. The third-order valence-electron chi connectivity index (χ3n) is 4.92. The van der Waals surface area contributed by atoms with E-state index in [1.165, 1.54) is 11.3 Å². The first-order valence-corrected chi connectivity index (χ1v) is 10.4. The van der Waals surface area contributed by atoms with E-state index in [1.54, 1.807) is 28.7 Å². The summed E-state index contributed by atoms with van der Waals surface area (Å²) in [6, 6.07) is 7.18. The highest BCUT2D eigenvalue weighted by molar-refractivity contribution is 7.17. The number of carbonyl (C=O) groups is 1. The van der Waals surface area contributed by atoms with E-state index in [0.29, 0.717) is 23.6 Å². The number of nitrogens with one attached hydrogen (secondary N) is 1. The Morgan fingerprint density at radius 3 is 2.93 bits per heavy atom. The molecular formula is C21H23N3O3S. The predicted molar refractivity (Wildman–Crippen MR) is 110 cm³/mol. The number of carbonyl (C=O) groups excluding carboxylic acids is 1. The van der Waals surface area contributed by atoms with Crippen LogP contribution in [0.3, 0.4) is 0 Å². The van der Waals surface area contributed by atoms with E-state index in [1.807, 2.05) is 25.1 Å². The third-order valence-corrected chi connectivity index (χ3v) is 6.06. The molecule has 1 amide bonds. The molecule has 0 atom stereocenters. The molecule has 6 nitrogen and oxygen atoms in total. The summed E-state index contributed by atoms with van der Waals surface area (Å²) >= 11 is 1.61. The van der Waals surface area contributed by atoms with Crippen molar-refractivity contribution in [1.82, 2.24) is 9.38 Å². The third kappa shape index (κ3) is 3.67. The summed E-state index contributed by atoms with van der Waals surface area (Å²) in [5.41, 5.74) is 3.33. The monoisotopic (exact) mass is 397 g/mol. The summed E-state index contributed by atoms with van der Waals surface area (Å²) in [4.78, 5) is 31.1. The van der Waals surface area contributed by atoms with Gasteiger partial charge in [0.1, 0.15) is 12.4 Å². The SMILES string of the molecule is CCC(=O)Nc1cc(C)ccc1OCc1cc(=O)n2c3c(sc2n1)CCCC3. The maximum absolute atomic E-state index is 12.7. The average Bonchev–Trinajstić information content (AvgIpc) is 3.06. The molecule has 0 fully saturated rings. The molecule has 0 aliphatic heterocycles. The molecule has 0 saturated heterocycles. The van der Waals surface area contributed by atoms with E-state index < -0.39 is 0 Å². The van der Waals surface area contributed by atoms with Crippen LogP contribution in [0.25, 0.3) is 4.96 Å². The number of ether oxygens (including phenoxy) is 1. The highest BCUT2D eigenvalue weighted by Crippen LogP contribution is 2.29. The summed E-state index contributed by atoms with van der Waals surface area (Å²) in [5.74, 6) is 0.497. The van der Waals surface area contributed by atoms with E-state index in [-0.39, 0.29) is 18.1 Å². The van der Waals surface area contributed by atoms with Crippen LogP contribution in [0.2, 0.25) is 0 Å². The number of hydrogen-bond acceptors (Lipinski definition) is 5. The van der Waals surface area contributed by atoms with Gasteiger partial charge < -0.3 is 10.1 Å². The van der Waals surface area contributed by atoms with Gasteiger partial charge in [-0.25, -0.2) is 4.98 Å². The Kier molecular flexibility index (Phi) is 5.17. The van der Waals surface area contributed by atoms with Crippen molar-refractivity contribution in [2.75, 3.05) is 5.32 Å². The molecule has 0 radical (unpaired) electrons. The molecular weight excluding hydrogens is 374 g/mol. The zero-order valence-corrected chi connectivity index (χ0v) is 16.9. The summed E-state index contributed by atoms with van der Waals surface area (Å²) < 4.78 is 7.66.